The Morgan fingerprint density at radius 3 is 2.45 bits per heavy atom. The maximum Gasteiger partial charge on any atom is 0.168 e. The van der Waals surface area contributed by atoms with Crippen LogP contribution in [0.15, 0.2) is 12.1 Å². The smallest absolute Gasteiger partial charge is 0.168 e. The Balaban J connectivity index is 2.19. The summed E-state index contributed by atoms with van der Waals surface area (Å²) in [6.07, 6.45) is 3.01. The molecule has 20 heavy (non-hydrogen) atoms. The zero-order valence-corrected chi connectivity index (χ0v) is 12.3. The predicted molar refractivity (Wildman–Crippen MR) is 74.0 cm³/mol. The van der Waals surface area contributed by atoms with Gasteiger partial charge in [0.25, 0.3) is 0 Å². The molecule has 0 saturated carbocycles. The molecule has 0 aliphatic carbocycles. The topological polar surface area (TPSA) is 18.5 Å². The quantitative estimate of drug-likeness (QED) is 0.823. The lowest BCUT2D eigenvalue weighted by molar-refractivity contribution is -0.0729. The molecule has 112 valence electrons. The summed E-state index contributed by atoms with van der Waals surface area (Å²) >= 11 is 0. The van der Waals surface area contributed by atoms with Gasteiger partial charge in [0.15, 0.2) is 11.6 Å². The highest BCUT2D eigenvalue weighted by Crippen LogP contribution is 2.30. The molecule has 1 aromatic carbocycles. The highest BCUT2D eigenvalue weighted by Gasteiger charge is 2.27. The second-order valence-electron chi connectivity index (χ2n) is 5.59. The zero-order chi connectivity index (χ0) is 14.7. The normalized spacial score (nSPS) is 26.6. The van der Waals surface area contributed by atoms with Crippen molar-refractivity contribution in [3.8, 4) is 5.75 Å². The van der Waals surface area contributed by atoms with Crippen LogP contribution in [0.4, 0.5) is 8.78 Å². The second kappa shape index (κ2) is 6.53. The minimum absolute atomic E-state index is 0.0793. The van der Waals surface area contributed by atoms with Crippen LogP contribution in [0.1, 0.15) is 45.6 Å². The van der Waals surface area contributed by atoms with Crippen molar-refractivity contribution in [1.82, 2.24) is 0 Å². The highest BCUT2D eigenvalue weighted by atomic mass is 19.1. The molecular weight excluding hydrogens is 262 g/mol. The molecule has 2 unspecified atom stereocenters. The van der Waals surface area contributed by atoms with E-state index >= 15 is 0 Å². The van der Waals surface area contributed by atoms with Crippen molar-refractivity contribution < 1.29 is 18.3 Å². The third-order valence-electron chi connectivity index (χ3n) is 3.54. The van der Waals surface area contributed by atoms with Crippen molar-refractivity contribution in [2.24, 2.45) is 0 Å². The molecule has 0 radical (unpaired) electrons. The molecule has 1 heterocycles. The molecule has 1 aliphatic heterocycles. The first-order valence-electron chi connectivity index (χ1n) is 7.29. The average Bonchev–Trinajstić information content (AvgIpc) is 2.32. The minimum atomic E-state index is -0.611. The van der Waals surface area contributed by atoms with Crippen LogP contribution in [0.3, 0.4) is 0 Å². The summed E-state index contributed by atoms with van der Waals surface area (Å²) in [6.45, 7) is 5.95. The molecule has 0 N–H and O–H groups in total. The van der Waals surface area contributed by atoms with E-state index < -0.39 is 11.6 Å². The standard InChI is InChI=1S/C16H22F2O2/c1-4-5-12-8-13(17)9-15(18)16(12)20-14-6-10(2)19-11(3)7-14/h8-11,14H,4-7H2,1-3H3. The van der Waals surface area contributed by atoms with Gasteiger partial charge < -0.3 is 9.47 Å². The number of ether oxygens (including phenoxy) is 2. The van der Waals surface area contributed by atoms with Crippen LogP contribution in [0.5, 0.6) is 5.75 Å². The van der Waals surface area contributed by atoms with Crippen LogP contribution in [0.25, 0.3) is 0 Å². The lowest BCUT2D eigenvalue weighted by Gasteiger charge is -2.32. The zero-order valence-electron chi connectivity index (χ0n) is 12.3. The Bertz CT molecular complexity index is 452. The van der Waals surface area contributed by atoms with Gasteiger partial charge in [-0.15, -0.1) is 0 Å². The summed E-state index contributed by atoms with van der Waals surface area (Å²) in [6, 6.07) is 2.26. The van der Waals surface area contributed by atoms with E-state index in [0.717, 1.165) is 25.3 Å². The maximum atomic E-state index is 14.0. The van der Waals surface area contributed by atoms with Crippen LogP contribution in [-0.4, -0.2) is 18.3 Å². The van der Waals surface area contributed by atoms with Crippen molar-refractivity contribution in [2.75, 3.05) is 0 Å². The van der Waals surface area contributed by atoms with E-state index in [1.165, 1.54) is 6.07 Å². The number of hydrogen-bond donors (Lipinski definition) is 0. The van der Waals surface area contributed by atoms with Gasteiger partial charge in [-0.05, 0) is 26.3 Å². The Morgan fingerprint density at radius 1 is 1.20 bits per heavy atom. The Kier molecular flexibility index (Phi) is 4.97. The van der Waals surface area contributed by atoms with E-state index in [0.29, 0.717) is 12.0 Å². The summed E-state index contributed by atoms with van der Waals surface area (Å²) in [4.78, 5) is 0. The molecule has 1 aliphatic rings. The number of benzene rings is 1. The van der Waals surface area contributed by atoms with Crippen LogP contribution in [0.2, 0.25) is 0 Å². The van der Waals surface area contributed by atoms with Gasteiger partial charge in [0.05, 0.1) is 12.2 Å². The SMILES string of the molecule is CCCc1cc(F)cc(F)c1OC1CC(C)OC(C)C1. The van der Waals surface area contributed by atoms with Gasteiger partial charge >= 0.3 is 0 Å². The first-order valence-corrected chi connectivity index (χ1v) is 7.29. The van der Waals surface area contributed by atoms with Gasteiger partial charge in [-0.3, -0.25) is 0 Å². The minimum Gasteiger partial charge on any atom is -0.487 e. The van der Waals surface area contributed by atoms with Crippen LogP contribution < -0.4 is 4.74 Å². The molecule has 0 amide bonds. The van der Waals surface area contributed by atoms with E-state index in [9.17, 15) is 8.78 Å². The number of rotatable bonds is 4. The molecule has 2 nitrogen and oxygen atoms in total. The third-order valence-corrected chi connectivity index (χ3v) is 3.54. The van der Waals surface area contributed by atoms with Crippen molar-refractivity contribution in [3.63, 3.8) is 0 Å². The van der Waals surface area contributed by atoms with Crippen LogP contribution in [-0.2, 0) is 11.2 Å². The molecule has 0 aromatic heterocycles. The molecule has 4 heteroatoms. The van der Waals surface area contributed by atoms with Crippen LogP contribution >= 0.6 is 0 Å². The molecule has 2 rings (SSSR count). The fourth-order valence-electron chi connectivity index (χ4n) is 2.81. The first-order chi connectivity index (χ1) is 9.49. The van der Waals surface area contributed by atoms with E-state index in [2.05, 4.69) is 0 Å². The van der Waals surface area contributed by atoms with E-state index in [1.807, 2.05) is 20.8 Å². The Hall–Kier alpha value is -1.16. The monoisotopic (exact) mass is 284 g/mol. The summed E-state index contributed by atoms with van der Waals surface area (Å²) in [5.41, 5.74) is 0.608. The number of halogens is 2. The highest BCUT2D eigenvalue weighted by molar-refractivity contribution is 5.36. The molecule has 1 fully saturated rings. The largest absolute Gasteiger partial charge is 0.487 e. The molecule has 0 spiro atoms. The van der Waals surface area contributed by atoms with E-state index in [-0.39, 0.29) is 24.1 Å². The fourth-order valence-corrected chi connectivity index (χ4v) is 2.81. The summed E-state index contributed by atoms with van der Waals surface area (Å²) < 4.78 is 38.8. The molecular formula is C16H22F2O2. The Morgan fingerprint density at radius 2 is 1.85 bits per heavy atom. The molecule has 1 saturated heterocycles. The predicted octanol–water partition coefficient (Wildman–Crippen LogP) is 4.25. The summed E-state index contributed by atoms with van der Waals surface area (Å²) in [5.74, 6) is -0.952. The van der Waals surface area contributed by atoms with Crippen LogP contribution in [0, 0.1) is 11.6 Å². The van der Waals surface area contributed by atoms with Gasteiger partial charge in [-0.2, -0.15) is 0 Å². The van der Waals surface area contributed by atoms with Gasteiger partial charge in [0, 0.05) is 24.5 Å². The first kappa shape index (κ1) is 15.2. The molecule has 2 atom stereocenters. The number of aryl methyl sites for hydroxylation is 1. The second-order valence-corrected chi connectivity index (χ2v) is 5.59. The maximum absolute atomic E-state index is 14.0. The van der Waals surface area contributed by atoms with Crippen molar-refractivity contribution in [1.29, 1.82) is 0 Å². The summed E-state index contributed by atoms with van der Waals surface area (Å²) in [5, 5.41) is 0. The van der Waals surface area contributed by atoms with Gasteiger partial charge in [-0.25, -0.2) is 8.78 Å². The summed E-state index contributed by atoms with van der Waals surface area (Å²) in [7, 11) is 0. The number of hydrogen-bond acceptors (Lipinski definition) is 2. The lowest BCUT2D eigenvalue weighted by Crippen LogP contribution is -2.36. The molecule has 1 aromatic rings. The third kappa shape index (κ3) is 3.69. The van der Waals surface area contributed by atoms with Crippen molar-refractivity contribution in [3.05, 3.63) is 29.3 Å². The van der Waals surface area contributed by atoms with Gasteiger partial charge in [0.1, 0.15) is 11.9 Å². The lowest BCUT2D eigenvalue weighted by atomic mass is 10.0. The van der Waals surface area contributed by atoms with E-state index in [1.54, 1.807) is 0 Å². The van der Waals surface area contributed by atoms with Gasteiger partial charge in [0.2, 0.25) is 0 Å². The molecule has 0 bridgehead atoms. The van der Waals surface area contributed by atoms with Crippen molar-refractivity contribution >= 4 is 0 Å². The van der Waals surface area contributed by atoms with E-state index in [4.69, 9.17) is 9.47 Å². The Labute approximate surface area is 119 Å². The van der Waals surface area contributed by atoms with Crippen molar-refractivity contribution in [2.45, 2.75) is 64.8 Å². The average molecular weight is 284 g/mol. The fraction of sp³-hybridized carbons (Fsp3) is 0.625. The van der Waals surface area contributed by atoms with Gasteiger partial charge in [-0.1, -0.05) is 13.3 Å².